The summed E-state index contributed by atoms with van der Waals surface area (Å²) in [7, 11) is -3.41. The van der Waals surface area contributed by atoms with Crippen molar-refractivity contribution in [2.24, 2.45) is 0 Å². The summed E-state index contributed by atoms with van der Waals surface area (Å²) in [5.74, 6) is -0.904. The van der Waals surface area contributed by atoms with Gasteiger partial charge in [0.2, 0.25) is 5.91 Å². The topological polar surface area (TPSA) is 107 Å². The van der Waals surface area contributed by atoms with E-state index in [1.54, 1.807) is 17.0 Å². The second-order valence-corrected chi connectivity index (χ2v) is 9.72. The summed E-state index contributed by atoms with van der Waals surface area (Å²) >= 11 is 0. The third-order valence-corrected chi connectivity index (χ3v) is 7.13. The van der Waals surface area contributed by atoms with Gasteiger partial charge in [0, 0.05) is 17.4 Å². The molecule has 3 N–H and O–H groups in total. The summed E-state index contributed by atoms with van der Waals surface area (Å²) in [6.45, 7) is 3.88. The standard InChI is InChI=1S/C22H28N2O5S/c1-3-15-7-5-8-16(4-2)22(15)23-21(27)12-24(17-9-6-10-18(25)11-17)19-13-30(28,29)14-20(19)26/h5-11,19-20,25-26H,3-4,12-14H2,1-2H3,(H,23,27). The van der Waals surface area contributed by atoms with E-state index in [0.717, 1.165) is 29.7 Å². The molecule has 1 heterocycles. The molecule has 1 fully saturated rings. The van der Waals surface area contributed by atoms with Crippen molar-refractivity contribution in [2.75, 3.05) is 28.3 Å². The Hall–Kier alpha value is -2.58. The maximum atomic E-state index is 13.0. The maximum absolute atomic E-state index is 13.0. The van der Waals surface area contributed by atoms with Crippen LogP contribution in [0.5, 0.6) is 5.75 Å². The highest BCUT2D eigenvalue weighted by molar-refractivity contribution is 7.91. The van der Waals surface area contributed by atoms with Gasteiger partial charge in [0.1, 0.15) is 5.75 Å². The third-order valence-electron chi connectivity index (χ3n) is 5.43. The monoisotopic (exact) mass is 432 g/mol. The van der Waals surface area contributed by atoms with Crippen molar-refractivity contribution in [3.05, 3.63) is 53.6 Å². The van der Waals surface area contributed by atoms with Crippen LogP contribution in [0.1, 0.15) is 25.0 Å². The zero-order valence-electron chi connectivity index (χ0n) is 17.2. The molecule has 1 saturated heterocycles. The number of nitrogens with zero attached hydrogens (tertiary/aromatic N) is 1. The summed E-state index contributed by atoms with van der Waals surface area (Å²) in [6, 6.07) is 11.4. The van der Waals surface area contributed by atoms with E-state index in [0.29, 0.717) is 5.69 Å². The number of nitrogens with one attached hydrogen (secondary N) is 1. The van der Waals surface area contributed by atoms with E-state index < -0.39 is 22.0 Å². The number of benzene rings is 2. The molecule has 0 bridgehead atoms. The molecule has 1 aliphatic rings. The Kier molecular flexibility index (Phi) is 6.67. The molecule has 2 aromatic rings. The number of carbonyl (C=O) groups excluding carboxylic acids is 1. The van der Waals surface area contributed by atoms with Crippen molar-refractivity contribution < 1.29 is 23.4 Å². The van der Waals surface area contributed by atoms with Gasteiger partial charge in [-0.15, -0.1) is 0 Å². The van der Waals surface area contributed by atoms with Crippen molar-refractivity contribution in [3.8, 4) is 5.75 Å². The van der Waals surface area contributed by atoms with Crippen molar-refractivity contribution in [1.82, 2.24) is 0 Å². The molecular formula is C22H28N2O5S. The molecule has 2 atom stereocenters. The molecule has 3 rings (SSSR count). The highest BCUT2D eigenvalue weighted by Gasteiger charge is 2.41. The molecule has 2 unspecified atom stereocenters. The lowest BCUT2D eigenvalue weighted by molar-refractivity contribution is -0.115. The zero-order chi connectivity index (χ0) is 21.9. The number of aryl methyl sites for hydroxylation is 2. The van der Waals surface area contributed by atoms with E-state index in [1.807, 2.05) is 32.0 Å². The number of hydrogen-bond donors (Lipinski definition) is 3. The zero-order valence-corrected chi connectivity index (χ0v) is 18.0. The first kappa shape index (κ1) is 22.1. The molecule has 2 aromatic carbocycles. The lowest BCUT2D eigenvalue weighted by atomic mass is 10.0. The Labute approximate surface area is 177 Å². The average molecular weight is 433 g/mol. The van der Waals surface area contributed by atoms with Crippen LogP contribution in [0.2, 0.25) is 0 Å². The van der Waals surface area contributed by atoms with Crippen LogP contribution in [0.3, 0.4) is 0 Å². The number of amides is 1. The molecule has 30 heavy (non-hydrogen) atoms. The molecule has 162 valence electrons. The number of phenols is 1. The van der Waals surface area contributed by atoms with Gasteiger partial charge >= 0.3 is 0 Å². The SMILES string of the molecule is CCc1cccc(CC)c1NC(=O)CN(c1cccc(O)c1)C1CS(=O)(=O)CC1O. The second kappa shape index (κ2) is 9.06. The van der Waals surface area contributed by atoms with Gasteiger partial charge in [-0.05, 0) is 36.1 Å². The predicted molar refractivity (Wildman–Crippen MR) is 118 cm³/mol. The van der Waals surface area contributed by atoms with Crippen LogP contribution in [-0.2, 0) is 27.5 Å². The van der Waals surface area contributed by atoms with E-state index in [9.17, 15) is 23.4 Å². The first-order valence-electron chi connectivity index (χ1n) is 10.1. The molecular weight excluding hydrogens is 404 g/mol. The molecule has 7 nitrogen and oxygen atoms in total. The lowest BCUT2D eigenvalue weighted by Crippen LogP contribution is -2.47. The van der Waals surface area contributed by atoms with Crippen LogP contribution in [0.4, 0.5) is 11.4 Å². The fourth-order valence-electron chi connectivity index (χ4n) is 3.92. The molecule has 0 aliphatic carbocycles. The number of sulfone groups is 1. The summed E-state index contributed by atoms with van der Waals surface area (Å²) in [5, 5.41) is 23.2. The minimum Gasteiger partial charge on any atom is -0.508 e. The number of hydrogen-bond acceptors (Lipinski definition) is 6. The van der Waals surface area contributed by atoms with Gasteiger partial charge in [-0.2, -0.15) is 0 Å². The first-order chi connectivity index (χ1) is 14.2. The van der Waals surface area contributed by atoms with Crippen molar-refractivity contribution >= 4 is 27.1 Å². The van der Waals surface area contributed by atoms with Crippen LogP contribution < -0.4 is 10.2 Å². The van der Waals surface area contributed by atoms with Crippen LogP contribution in [-0.4, -0.2) is 54.7 Å². The minimum absolute atomic E-state index is 0.00199. The first-order valence-corrected chi connectivity index (χ1v) is 11.9. The molecule has 1 amide bonds. The summed E-state index contributed by atoms with van der Waals surface area (Å²) in [5.41, 5.74) is 3.30. The van der Waals surface area contributed by atoms with Crippen LogP contribution in [0.25, 0.3) is 0 Å². The third kappa shape index (κ3) is 4.94. The molecule has 0 radical (unpaired) electrons. The number of aromatic hydroxyl groups is 1. The number of phenolic OH excluding ortho intramolecular Hbond substituents is 1. The van der Waals surface area contributed by atoms with E-state index >= 15 is 0 Å². The van der Waals surface area contributed by atoms with Crippen LogP contribution in [0.15, 0.2) is 42.5 Å². The van der Waals surface area contributed by atoms with Gasteiger partial charge < -0.3 is 20.4 Å². The largest absolute Gasteiger partial charge is 0.508 e. The fourth-order valence-corrected chi connectivity index (χ4v) is 5.72. The number of aliphatic hydroxyl groups excluding tert-OH is 1. The van der Waals surface area contributed by atoms with Crippen molar-refractivity contribution in [3.63, 3.8) is 0 Å². The molecule has 0 saturated carbocycles. The van der Waals surface area contributed by atoms with E-state index in [1.165, 1.54) is 12.1 Å². The van der Waals surface area contributed by atoms with Crippen molar-refractivity contribution in [2.45, 2.75) is 38.8 Å². The summed E-state index contributed by atoms with van der Waals surface area (Å²) in [4.78, 5) is 14.6. The smallest absolute Gasteiger partial charge is 0.243 e. The quantitative estimate of drug-likeness (QED) is 0.619. The minimum atomic E-state index is -3.41. The Morgan fingerprint density at radius 1 is 1.10 bits per heavy atom. The van der Waals surface area contributed by atoms with Gasteiger partial charge in [-0.1, -0.05) is 38.1 Å². The van der Waals surface area contributed by atoms with E-state index in [2.05, 4.69) is 5.32 Å². The van der Waals surface area contributed by atoms with E-state index in [-0.39, 0.29) is 29.7 Å². The van der Waals surface area contributed by atoms with Gasteiger partial charge in [0.05, 0.1) is 30.2 Å². The Morgan fingerprint density at radius 3 is 2.27 bits per heavy atom. The highest BCUT2D eigenvalue weighted by atomic mass is 32.2. The second-order valence-electron chi connectivity index (χ2n) is 7.57. The molecule has 0 spiro atoms. The van der Waals surface area contributed by atoms with Crippen LogP contribution in [0, 0.1) is 0 Å². The van der Waals surface area contributed by atoms with Crippen LogP contribution >= 0.6 is 0 Å². The lowest BCUT2D eigenvalue weighted by Gasteiger charge is -2.32. The predicted octanol–water partition coefficient (Wildman–Crippen LogP) is 2.12. The molecule has 0 aromatic heterocycles. The highest BCUT2D eigenvalue weighted by Crippen LogP contribution is 2.28. The number of aliphatic hydroxyl groups is 1. The molecule has 8 heteroatoms. The van der Waals surface area contributed by atoms with Gasteiger partial charge in [-0.3, -0.25) is 4.79 Å². The average Bonchev–Trinajstić information content (AvgIpc) is 2.98. The number of para-hydroxylation sites is 1. The Morgan fingerprint density at radius 2 is 1.73 bits per heavy atom. The summed E-state index contributed by atoms with van der Waals surface area (Å²) in [6.07, 6.45) is 0.415. The molecule has 1 aliphatic heterocycles. The fraction of sp³-hybridized carbons (Fsp3) is 0.409. The normalized spacial score (nSPS) is 20.1. The van der Waals surface area contributed by atoms with Gasteiger partial charge in [0.25, 0.3) is 0 Å². The number of rotatable bonds is 7. The maximum Gasteiger partial charge on any atom is 0.243 e. The summed E-state index contributed by atoms with van der Waals surface area (Å²) < 4.78 is 24.1. The number of carbonyl (C=O) groups is 1. The Balaban J connectivity index is 1.90. The Bertz CT molecular complexity index is 1000. The number of anilines is 2. The van der Waals surface area contributed by atoms with Gasteiger partial charge in [-0.25, -0.2) is 8.42 Å². The van der Waals surface area contributed by atoms with E-state index in [4.69, 9.17) is 0 Å². The van der Waals surface area contributed by atoms with Crippen molar-refractivity contribution in [1.29, 1.82) is 0 Å². The van der Waals surface area contributed by atoms with Gasteiger partial charge in [0.15, 0.2) is 9.84 Å².